The summed E-state index contributed by atoms with van der Waals surface area (Å²) in [6.45, 7) is 2.58. The van der Waals surface area contributed by atoms with Gasteiger partial charge in [-0.15, -0.1) is 0 Å². The molecule has 1 aliphatic heterocycles. The molecule has 0 spiro atoms. The van der Waals surface area contributed by atoms with Gasteiger partial charge in [-0.3, -0.25) is 4.79 Å². The molecule has 2 aliphatic rings. The Labute approximate surface area is 83.0 Å². The molecular formula is C9H16N2OS. The summed E-state index contributed by atoms with van der Waals surface area (Å²) in [6.07, 6.45) is 4.65. The normalized spacial score (nSPS) is 25.0. The Morgan fingerprint density at radius 1 is 1.62 bits per heavy atom. The molecule has 0 aromatic rings. The highest BCUT2D eigenvalue weighted by Gasteiger charge is 2.42. The highest BCUT2D eigenvalue weighted by Crippen LogP contribution is 2.46. The van der Waals surface area contributed by atoms with Crippen LogP contribution >= 0.6 is 11.8 Å². The molecule has 1 saturated heterocycles. The minimum absolute atomic E-state index is 0.234. The molecule has 0 aromatic heterocycles. The summed E-state index contributed by atoms with van der Waals surface area (Å²) >= 11 is 1.89. The fraction of sp³-hybridized carbons (Fsp3) is 0.889. The maximum Gasteiger partial charge on any atom is 0.225 e. The van der Waals surface area contributed by atoms with Crippen LogP contribution in [0.1, 0.15) is 12.8 Å². The van der Waals surface area contributed by atoms with Crippen LogP contribution in [0.4, 0.5) is 0 Å². The fourth-order valence-corrected chi connectivity index (χ4v) is 2.19. The summed E-state index contributed by atoms with van der Waals surface area (Å²) in [6, 6.07) is 0. The van der Waals surface area contributed by atoms with Crippen LogP contribution in [0.5, 0.6) is 0 Å². The summed E-state index contributed by atoms with van der Waals surface area (Å²) in [7, 11) is 0. The van der Waals surface area contributed by atoms with Gasteiger partial charge in [0.25, 0.3) is 0 Å². The van der Waals surface area contributed by atoms with Crippen molar-refractivity contribution in [2.75, 3.05) is 25.9 Å². The topological polar surface area (TPSA) is 41.1 Å². The quantitative estimate of drug-likeness (QED) is 0.682. The number of carbonyl (C=O) groups is 1. The van der Waals surface area contributed by atoms with E-state index < -0.39 is 0 Å². The molecule has 0 bridgehead atoms. The van der Waals surface area contributed by atoms with Crippen LogP contribution in [0.3, 0.4) is 0 Å². The lowest BCUT2D eigenvalue weighted by Gasteiger charge is -2.26. The molecule has 1 saturated carbocycles. The van der Waals surface area contributed by atoms with E-state index in [0.29, 0.717) is 4.75 Å². The summed E-state index contributed by atoms with van der Waals surface area (Å²) in [4.78, 5) is 11.5. The van der Waals surface area contributed by atoms with Crippen LogP contribution in [0.15, 0.2) is 0 Å². The van der Waals surface area contributed by atoms with E-state index in [-0.39, 0.29) is 11.8 Å². The molecule has 2 N–H and O–H groups in total. The van der Waals surface area contributed by atoms with Crippen molar-refractivity contribution in [3.8, 4) is 0 Å². The SMILES string of the molecule is CSC1(CNC(=O)C2CNC2)CC1. The monoisotopic (exact) mass is 200 g/mol. The highest BCUT2D eigenvalue weighted by molar-refractivity contribution is 8.00. The largest absolute Gasteiger partial charge is 0.354 e. The average Bonchev–Trinajstić information content (AvgIpc) is 2.78. The van der Waals surface area contributed by atoms with Crippen molar-refractivity contribution in [3.63, 3.8) is 0 Å². The van der Waals surface area contributed by atoms with Crippen LogP contribution in [0, 0.1) is 5.92 Å². The zero-order valence-corrected chi connectivity index (χ0v) is 8.75. The van der Waals surface area contributed by atoms with Crippen molar-refractivity contribution in [1.82, 2.24) is 10.6 Å². The fourth-order valence-electron chi connectivity index (χ4n) is 1.46. The third-order valence-electron chi connectivity index (χ3n) is 2.98. The van der Waals surface area contributed by atoms with Gasteiger partial charge in [-0.2, -0.15) is 11.8 Å². The van der Waals surface area contributed by atoms with Crippen LogP contribution < -0.4 is 10.6 Å². The predicted octanol–water partition coefficient (Wildman–Crippen LogP) is 0.218. The first-order chi connectivity index (χ1) is 6.26. The van der Waals surface area contributed by atoms with Crippen molar-refractivity contribution in [2.45, 2.75) is 17.6 Å². The lowest BCUT2D eigenvalue weighted by molar-refractivity contribution is -0.126. The maximum absolute atomic E-state index is 11.5. The molecule has 3 nitrogen and oxygen atoms in total. The molecular weight excluding hydrogens is 184 g/mol. The first-order valence-corrected chi connectivity index (χ1v) is 6.02. The van der Waals surface area contributed by atoms with Gasteiger partial charge in [0.05, 0.1) is 5.92 Å². The van der Waals surface area contributed by atoms with Crippen LogP contribution in [0.25, 0.3) is 0 Å². The molecule has 0 atom stereocenters. The highest BCUT2D eigenvalue weighted by atomic mass is 32.2. The molecule has 1 amide bonds. The van der Waals surface area contributed by atoms with E-state index in [0.717, 1.165) is 19.6 Å². The van der Waals surface area contributed by atoms with Crippen molar-refractivity contribution >= 4 is 17.7 Å². The van der Waals surface area contributed by atoms with Gasteiger partial charge in [-0.1, -0.05) is 0 Å². The number of carbonyl (C=O) groups excluding carboxylic acids is 1. The Kier molecular flexibility index (Phi) is 2.51. The molecule has 1 aliphatic carbocycles. The Bertz CT molecular complexity index is 212. The van der Waals surface area contributed by atoms with Gasteiger partial charge >= 0.3 is 0 Å². The number of rotatable bonds is 4. The van der Waals surface area contributed by atoms with Crippen molar-refractivity contribution < 1.29 is 4.79 Å². The van der Waals surface area contributed by atoms with Gasteiger partial charge in [0.15, 0.2) is 0 Å². The van der Waals surface area contributed by atoms with Gasteiger partial charge in [0, 0.05) is 24.4 Å². The standard InChI is InChI=1S/C9H16N2OS/c1-13-9(2-3-9)6-11-8(12)7-4-10-5-7/h7,10H,2-6H2,1H3,(H,11,12). The lowest BCUT2D eigenvalue weighted by atomic mass is 10.0. The van der Waals surface area contributed by atoms with E-state index in [2.05, 4.69) is 16.9 Å². The second-order valence-electron chi connectivity index (χ2n) is 3.96. The molecule has 74 valence electrons. The summed E-state index contributed by atoms with van der Waals surface area (Å²) in [5, 5.41) is 6.14. The van der Waals surface area contributed by atoms with Crippen LogP contribution in [-0.4, -0.2) is 36.5 Å². The molecule has 0 aromatic carbocycles. The van der Waals surface area contributed by atoms with E-state index in [1.165, 1.54) is 12.8 Å². The van der Waals surface area contributed by atoms with Gasteiger partial charge in [0.1, 0.15) is 0 Å². The second kappa shape index (κ2) is 3.50. The molecule has 4 heteroatoms. The van der Waals surface area contributed by atoms with Gasteiger partial charge < -0.3 is 10.6 Å². The molecule has 0 unspecified atom stereocenters. The summed E-state index contributed by atoms with van der Waals surface area (Å²) in [5.74, 6) is 0.469. The molecule has 2 rings (SSSR count). The number of nitrogens with one attached hydrogen (secondary N) is 2. The molecule has 1 heterocycles. The van der Waals surface area contributed by atoms with Crippen molar-refractivity contribution in [1.29, 1.82) is 0 Å². The zero-order valence-electron chi connectivity index (χ0n) is 7.93. The summed E-state index contributed by atoms with van der Waals surface area (Å²) < 4.78 is 0.396. The summed E-state index contributed by atoms with van der Waals surface area (Å²) in [5.41, 5.74) is 0. The molecule has 2 fully saturated rings. The van der Waals surface area contributed by atoms with E-state index in [1.807, 2.05) is 11.8 Å². The van der Waals surface area contributed by atoms with E-state index in [1.54, 1.807) is 0 Å². The third-order valence-corrected chi connectivity index (χ3v) is 4.40. The predicted molar refractivity (Wildman–Crippen MR) is 54.8 cm³/mol. The molecule has 0 radical (unpaired) electrons. The Morgan fingerprint density at radius 2 is 2.31 bits per heavy atom. The Morgan fingerprint density at radius 3 is 2.69 bits per heavy atom. The number of hydrogen-bond acceptors (Lipinski definition) is 3. The van der Waals surface area contributed by atoms with Crippen molar-refractivity contribution in [3.05, 3.63) is 0 Å². The number of thioether (sulfide) groups is 1. The lowest BCUT2D eigenvalue weighted by Crippen LogP contribution is -2.51. The Balaban J connectivity index is 1.69. The first kappa shape index (κ1) is 9.34. The average molecular weight is 200 g/mol. The van der Waals surface area contributed by atoms with Crippen molar-refractivity contribution in [2.24, 2.45) is 5.92 Å². The van der Waals surface area contributed by atoms with Crippen LogP contribution in [-0.2, 0) is 4.79 Å². The third kappa shape index (κ3) is 1.99. The molecule has 13 heavy (non-hydrogen) atoms. The maximum atomic E-state index is 11.5. The van der Waals surface area contributed by atoms with Gasteiger partial charge in [-0.05, 0) is 19.1 Å². The first-order valence-electron chi connectivity index (χ1n) is 4.79. The number of amides is 1. The van der Waals surface area contributed by atoms with E-state index in [4.69, 9.17) is 0 Å². The van der Waals surface area contributed by atoms with Gasteiger partial charge in [-0.25, -0.2) is 0 Å². The zero-order chi connectivity index (χ0) is 9.31. The van der Waals surface area contributed by atoms with Gasteiger partial charge in [0.2, 0.25) is 5.91 Å². The van der Waals surface area contributed by atoms with E-state index >= 15 is 0 Å². The second-order valence-corrected chi connectivity index (χ2v) is 5.23. The Hall–Kier alpha value is -0.220. The minimum Gasteiger partial charge on any atom is -0.354 e. The smallest absolute Gasteiger partial charge is 0.225 e. The van der Waals surface area contributed by atoms with E-state index in [9.17, 15) is 4.79 Å². The van der Waals surface area contributed by atoms with Crippen LogP contribution in [0.2, 0.25) is 0 Å². The number of hydrogen-bond donors (Lipinski definition) is 2. The minimum atomic E-state index is 0.234.